The van der Waals surface area contributed by atoms with Crippen LogP contribution in [0.25, 0.3) is 10.4 Å². The minimum atomic E-state index is -0.981. The van der Waals surface area contributed by atoms with Crippen molar-refractivity contribution >= 4 is 0 Å². The Morgan fingerprint density at radius 1 is 0.567 bits per heavy atom. The van der Waals surface area contributed by atoms with Crippen LogP contribution in [0.3, 0.4) is 0 Å². The van der Waals surface area contributed by atoms with Gasteiger partial charge in [-0.15, -0.1) is 0 Å². The largest absolute Gasteiger partial charge is 0.374 e. The second-order valence-electron chi connectivity index (χ2n) is 15.6. The van der Waals surface area contributed by atoms with Gasteiger partial charge in [0.05, 0.1) is 57.9 Å². The second-order valence-corrected chi connectivity index (χ2v) is 15.6. The molecule has 11 heteroatoms. The Labute approximate surface area is 353 Å². The predicted octanol–water partition coefficient (Wildman–Crippen LogP) is 9.53. The van der Waals surface area contributed by atoms with Gasteiger partial charge in [0, 0.05) is 4.91 Å². The Hall–Kier alpha value is -4.91. The van der Waals surface area contributed by atoms with E-state index in [9.17, 15) is 5.53 Å². The van der Waals surface area contributed by atoms with Gasteiger partial charge in [0.1, 0.15) is 24.4 Å². The van der Waals surface area contributed by atoms with E-state index in [0.717, 1.165) is 28.7 Å². The van der Waals surface area contributed by atoms with E-state index in [2.05, 4.69) is 22.2 Å². The molecule has 0 spiro atoms. The topological polar surface area (TPSA) is 123 Å². The highest BCUT2D eigenvalue weighted by Crippen LogP contribution is 2.36. The molecule has 0 N–H and O–H groups in total. The van der Waals surface area contributed by atoms with Gasteiger partial charge in [-0.1, -0.05) is 157 Å². The van der Waals surface area contributed by atoms with Crippen molar-refractivity contribution in [3.63, 3.8) is 0 Å². The molecule has 8 atom stereocenters. The minimum Gasteiger partial charge on any atom is -0.374 e. The first-order valence-electron chi connectivity index (χ1n) is 20.7. The first-order valence-corrected chi connectivity index (χ1v) is 20.7. The monoisotopic (exact) mass is 813 g/mol. The molecule has 0 bridgehead atoms. The van der Waals surface area contributed by atoms with Crippen LogP contribution in [-0.2, 0) is 70.7 Å². The summed E-state index contributed by atoms with van der Waals surface area (Å²) in [6.45, 7) is 5.12. The summed E-state index contributed by atoms with van der Waals surface area (Å²) in [6.07, 6.45) is -3.21. The molecule has 5 aromatic carbocycles. The highest BCUT2D eigenvalue weighted by atomic mass is 16.8. The lowest BCUT2D eigenvalue weighted by Gasteiger charge is -2.46. The molecule has 0 aliphatic carbocycles. The minimum absolute atomic E-state index is 0.0373. The summed E-state index contributed by atoms with van der Waals surface area (Å²) in [7, 11) is 0. The van der Waals surface area contributed by atoms with Crippen molar-refractivity contribution in [2.45, 2.75) is 108 Å². The highest BCUT2D eigenvalue weighted by molar-refractivity contribution is 5.17. The molecule has 60 heavy (non-hydrogen) atoms. The van der Waals surface area contributed by atoms with Crippen LogP contribution in [0.1, 0.15) is 48.1 Å². The summed E-state index contributed by atoms with van der Waals surface area (Å²) >= 11 is 0. The third-order valence-electron chi connectivity index (χ3n) is 10.6. The van der Waals surface area contributed by atoms with E-state index in [1.54, 1.807) is 0 Å². The predicted molar refractivity (Wildman–Crippen MR) is 227 cm³/mol. The molecule has 0 amide bonds. The number of ether oxygens (including phenoxy) is 8. The quantitative estimate of drug-likeness (QED) is 0.0408. The van der Waals surface area contributed by atoms with Crippen LogP contribution >= 0.6 is 0 Å². The maximum Gasteiger partial charge on any atom is 0.186 e. The SMILES string of the molecule is CC1(C)O[C@H](CCc2ccccc2)[C@H](C(COC2OC(COCc3ccccc3)C(OCc3ccccc3)C(OCc3ccccc3)C2OCc2ccccc2)N=[N+]=[N-])O1. The zero-order valence-electron chi connectivity index (χ0n) is 34.3. The first-order chi connectivity index (χ1) is 29.4. The van der Waals surface area contributed by atoms with Gasteiger partial charge in [0.25, 0.3) is 0 Å². The van der Waals surface area contributed by atoms with Crippen LogP contribution in [0.2, 0.25) is 0 Å². The maximum absolute atomic E-state index is 9.86. The van der Waals surface area contributed by atoms with Gasteiger partial charge in [-0.25, -0.2) is 0 Å². The number of hydrogen-bond donors (Lipinski definition) is 0. The molecule has 2 heterocycles. The zero-order chi connectivity index (χ0) is 41.4. The van der Waals surface area contributed by atoms with Gasteiger partial charge in [0.15, 0.2) is 12.1 Å². The molecule has 0 radical (unpaired) electrons. The normalized spacial score (nSPS) is 24.1. The van der Waals surface area contributed by atoms with Gasteiger partial charge in [-0.3, -0.25) is 0 Å². The summed E-state index contributed by atoms with van der Waals surface area (Å²) in [6, 6.07) is 49.4. The lowest BCUT2D eigenvalue weighted by molar-refractivity contribution is -0.329. The van der Waals surface area contributed by atoms with Crippen molar-refractivity contribution in [3.8, 4) is 0 Å². The number of rotatable bonds is 21. The molecule has 11 nitrogen and oxygen atoms in total. The molecular weight excluding hydrogens is 759 g/mol. The lowest BCUT2D eigenvalue weighted by Crippen LogP contribution is -2.62. The Bertz CT molecular complexity index is 2020. The van der Waals surface area contributed by atoms with Crippen LogP contribution in [-0.4, -0.2) is 68.0 Å². The Morgan fingerprint density at radius 3 is 1.55 bits per heavy atom. The molecule has 2 aliphatic heterocycles. The smallest absolute Gasteiger partial charge is 0.186 e. The van der Waals surface area contributed by atoms with Crippen LogP contribution in [0.15, 0.2) is 157 Å². The Kier molecular flexibility index (Phi) is 15.9. The van der Waals surface area contributed by atoms with E-state index in [1.807, 2.05) is 153 Å². The van der Waals surface area contributed by atoms with Crippen LogP contribution in [0.5, 0.6) is 0 Å². The van der Waals surface area contributed by atoms with Gasteiger partial charge in [-0.2, -0.15) is 0 Å². The zero-order valence-corrected chi connectivity index (χ0v) is 34.3. The maximum atomic E-state index is 9.86. The molecule has 5 aromatic rings. The summed E-state index contributed by atoms with van der Waals surface area (Å²) in [5, 5.41) is 4.23. The van der Waals surface area contributed by atoms with E-state index >= 15 is 0 Å². The van der Waals surface area contributed by atoms with Crippen molar-refractivity contribution in [2.24, 2.45) is 5.11 Å². The standard InChI is InChI=1S/C49H55N3O8/c1-49(2)59-42(29-28-36-18-8-3-9-19-36)44(60-49)41(51-52-50)34-57-48-47(56-33-40-26-16-7-17-27-40)46(55-32-39-24-14-6-15-25-39)45(54-31-38-22-12-5-13-23-38)43(58-48)35-53-30-37-20-10-4-11-21-37/h3-27,41-48H,28-35H2,1-2H3/t41?,42-,43?,44+,45?,46?,47?,48?/m1/s1. The van der Waals surface area contributed by atoms with Crippen LogP contribution < -0.4 is 0 Å². The summed E-state index contributed by atoms with van der Waals surface area (Å²) < 4.78 is 53.3. The molecule has 2 fully saturated rings. The molecule has 6 unspecified atom stereocenters. The summed E-state index contributed by atoms with van der Waals surface area (Å²) in [5.41, 5.74) is 15.0. The van der Waals surface area contributed by atoms with Crippen LogP contribution in [0, 0.1) is 0 Å². The van der Waals surface area contributed by atoms with E-state index in [4.69, 9.17) is 37.9 Å². The third-order valence-corrected chi connectivity index (χ3v) is 10.6. The molecule has 0 saturated carbocycles. The van der Waals surface area contributed by atoms with Gasteiger partial charge >= 0.3 is 0 Å². The summed E-state index contributed by atoms with van der Waals surface area (Å²) in [4.78, 5) is 3.24. The molecule has 0 aromatic heterocycles. The Morgan fingerprint density at radius 2 is 1.03 bits per heavy atom. The van der Waals surface area contributed by atoms with Crippen molar-refractivity contribution in [3.05, 3.63) is 190 Å². The highest BCUT2D eigenvalue weighted by Gasteiger charge is 2.50. The van der Waals surface area contributed by atoms with Crippen molar-refractivity contribution in [2.75, 3.05) is 13.2 Å². The Balaban J connectivity index is 1.18. The number of nitrogens with zero attached hydrogens (tertiary/aromatic N) is 3. The lowest BCUT2D eigenvalue weighted by atomic mass is 9.97. The average Bonchev–Trinajstić information content (AvgIpc) is 3.60. The molecule has 314 valence electrons. The van der Waals surface area contributed by atoms with Crippen LogP contribution in [0.4, 0.5) is 0 Å². The molecular formula is C49H55N3O8. The van der Waals surface area contributed by atoms with Gasteiger partial charge in [-0.05, 0) is 60.0 Å². The van der Waals surface area contributed by atoms with Gasteiger partial charge in [0.2, 0.25) is 0 Å². The second kappa shape index (κ2) is 22.1. The van der Waals surface area contributed by atoms with Crippen molar-refractivity contribution in [1.29, 1.82) is 0 Å². The molecule has 7 rings (SSSR count). The van der Waals surface area contributed by atoms with E-state index < -0.39 is 48.6 Å². The van der Waals surface area contributed by atoms with Crippen molar-refractivity contribution < 1.29 is 37.9 Å². The van der Waals surface area contributed by atoms with E-state index in [-0.39, 0.29) is 25.9 Å². The fourth-order valence-corrected chi connectivity index (χ4v) is 7.70. The third kappa shape index (κ3) is 12.6. The van der Waals surface area contributed by atoms with Crippen molar-refractivity contribution in [1.82, 2.24) is 0 Å². The van der Waals surface area contributed by atoms with Gasteiger partial charge < -0.3 is 37.9 Å². The summed E-state index contributed by atoms with van der Waals surface area (Å²) in [5.74, 6) is -0.890. The van der Waals surface area contributed by atoms with E-state index in [1.165, 1.54) is 5.56 Å². The number of azide groups is 1. The first kappa shape index (κ1) is 43.2. The fraction of sp³-hybridized carbons (Fsp3) is 0.388. The van der Waals surface area contributed by atoms with E-state index in [0.29, 0.717) is 26.2 Å². The number of benzene rings is 5. The number of aryl methyl sites for hydroxylation is 1. The average molecular weight is 814 g/mol. The number of hydrogen-bond acceptors (Lipinski definition) is 9. The fourth-order valence-electron chi connectivity index (χ4n) is 7.70. The molecule has 2 aliphatic rings. The molecule has 2 saturated heterocycles.